The molecule has 0 atom stereocenters. The molecule has 0 heterocycles. The van der Waals surface area contributed by atoms with Gasteiger partial charge in [-0.25, -0.2) is 8.42 Å². The molecule has 0 saturated heterocycles. The molecule has 0 aliphatic rings. The highest BCUT2D eigenvalue weighted by Gasteiger charge is 2.23. The Morgan fingerprint density at radius 2 is 1.88 bits per heavy atom. The average molecular weight is 265 g/mol. The van der Waals surface area contributed by atoms with Gasteiger partial charge >= 0.3 is 0 Å². The third kappa shape index (κ3) is 5.99. The average Bonchev–Trinajstić information content (AvgIpc) is 2.25. The normalized spacial score (nSPS) is 11.8. The van der Waals surface area contributed by atoms with Crippen molar-refractivity contribution in [2.75, 3.05) is 39.5 Å². The zero-order valence-electron chi connectivity index (χ0n) is 10.8. The third-order valence-corrected chi connectivity index (χ3v) is 4.19. The van der Waals surface area contributed by atoms with Gasteiger partial charge in [0.15, 0.2) is 0 Å². The Morgan fingerprint density at radius 1 is 1.29 bits per heavy atom. The molecule has 6 nitrogen and oxygen atoms in total. The first kappa shape index (κ1) is 16.3. The van der Waals surface area contributed by atoms with Gasteiger partial charge in [-0.2, -0.15) is 4.31 Å². The summed E-state index contributed by atoms with van der Waals surface area (Å²) in [6.45, 7) is 2.49. The lowest BCUT2D eigenvalue weighted by molar-refractivity contribution is -0.128. The van der Waals surface area contributed by atoms with Gasteiger partial charge < -0.3 is 10.6 Å². The summed E-state index contributed by atoms with van der Waals surface area (Å²) in [6, 6.07) is 0. The Kier molecular flexibility index (Phi) is 7.33. The summed E-state index contributed by atoms with van der Waals surface area (Å²) in [5.41, 5.74) is 5.30. The lowest BCUT2D eigenvalue weighted by Gasteiger charge is -2.22. The van der Waals surface area contributed by atoms with E-state index in [9.17, 15) is 13.2 Å². The molecular formula is C10H23N3O3S. The predicted molar refractivity (Wildman–Crippen MR) is 68.0 cm³/mol. The van der Waals surface area contributed by atoms with Crippen molar-refractivity contribution in [3.63, 3.8) is 0 Å². The van der Waals surface area contributed by atoms with E-state index >= 15 is 0 Å². The van der Waals surface area contributed by atoms with Gasteiger partial charge in [0.25, 0.3) is 0 Å². The van der Waals surface area contributed by atoms with Crippen LogP contribution in [0, 0.1) is 0 Å². The number of nitrogens with zero attached hydrogens (tertiary/aromatic N) is 2. The van der Waals surface area contributed by atoms with Gasteiger partial charge in [-0.15, -0.1) is 0 Å². The minimum absolute atomic E-state index is 0.00418. The quantitative estimate of drug-likeness (QED) is 0.639. The molecule has 7 heteroatoms. The van der Waals surface area contributed by atoms with E-state index < -0.39 is 10.0 Å². The largest absolute Gasteiger partial charge is 0.348 e. The van der Waals surface area contributed by atoms with Crippen LogP contribution in [0.25, 0.3) is 0 Å². The van der Waals surface area contributed by atoms with Crippen LogP contribution in [0.15, 0.2) is 0 Å². The van der Waals surface area contributed by atoms with E-state index in [0.717, 1.165) is 0 Å². The molecule has 0 rings (SSSR count). The van der Waals surface area contributed by atoms with Crippen LogP contribution in [0.1, 0.15) is 19.8 Å². The number of nitrogens with two attached hydrogens (primary N) is 1. The number of hydrogen-bond donors (Lipinski definition) is 1. The highest BCUT2D eigenvalue weighted by Crippen LogP contribution is 2.05. The molecule has 0 unspecified atom stereocenters. The minimum Gasteiger partial charge on any atom is -0.348 e. The number of amides is 1. The van der Waals surface area contributed by atoms with Crippen LogP contribution >= 0.6 is 0 Å². The van der Waals surface area contributed by atoms with Gasteiger partial charge in [0, 0.05) is 20.6 Å². The van der Waals surface area contributed by atoms with E-state index in [-0.39, 0.29) is 18.2 Å². The van der Waals surface area contributed by atoms with Crippen molar-refractivity contribution < 1.29 is 13.2 Å². The van der Waals surface area contributed by atoms with Crippen molar-refractivity contribution >= 4 is 15.9 Å². The molecule has 0 radical (unpaired) electrons. The zero-order chi connectivity index (χ0) is 13.5. The smallest absolute Gasteiger partial charge is 0.237 e. The monoisotopic (exact) mass is 265 g/mol. The minimum atomic E-state index is -3.37. The van der Waals surface area contributed by atoms with Crippen LogP contribution in [0.2, 0.25) is 0 Å². The maximum Gasteiger partial charge on any atom is 0.237 e. The van der Waals surface area contributed by atoms with Gasteiger partial charge in [0.1, 0.15) is 0 Å². The highest BCUT2D eigenvalue weighted by molar-refractivity contribution is 7.89. The maximum absolute atomic E-state index is 11.9. The highest BCUT2D eigenvalue weighted by atomic mass is 32.2. The SMILES string of the molecule is CCCN(CC(=O)N(C)C)S(=O)(=O)CCCN. The predicted octanol–water partition coefficient (Wildman–Crippen LogP) is -0.535. The van der Waals surface area contributed by atoms with Crippen LogP contribution in [-0.4, -0.2) is 63.0 Å². The van der Waals surface area contributed by atoms with Crippen LogP contribution in [-0.2, 0) is 14.8 Å². The summed E-state index contributed by atoms with van der Waals surface area (Å²) in [4.78, 5) is 12.9. The van der Waals surface area contributed by atoms with Gasteiger partial charge in [-0.1, -0.05) is 6.92 Å². The molecule has 0 bridgehead atoms. The fourth-order valence-electron chi connectivity index (χ4n) is 1.25. The lowest BCUT2D eigenvalue weighted by atomic mass is 10.4. The third-order valence-electron chi connectivity index (χ3n) is 2.28. The molecule has 0 spiro atoms. The van der Waals surface area contributed by atoms with Crippen molar-refractivity contribution in [3.05, 3.63) is 0 Å². The molecule has 0 aromatic heterocycles. The molecule has 0 aromatic rings. The number of sulfonamides is 1. The number of rotatable bonds is 8. The molecule has 0 aromatic carbocycles. The van der Waals surface area contributed by atoms with Crippen LogP contribution in [0.5, 0.6) is 0 Å². The van der Waals surface area contributed by atoms with Crippen molar-refractivity contribution in [1.82, 2.24) is 9.21 Å². The fraction of sp³-hybridized carbons (Fsp3) is 0.900. The Balaban J connectivity index is 4.66. The number of hydrogen-bond acceptors (Lipinski definition) is 4. The second-order valence-electron chi connectivity index (χ2n) is 4.08. The molecule has 0 fully saturated rings. The summed E-state index contributed by atoms with van der Waals surface area (Å²) < 4.78 is 25.1. The molecule has 0 aliphatic carbocycles. The van der Waals surface area contributed by atoms with E-state index in [0.29, 0.717) is 25.9 Å². The standard InChI is InChI=1S/C10H23N3O3S/c1-4-7-13(9-10(14)12(2)3)17(15,16)8-5-6-11/h4-9,11H2,1-3H3. The molecule has 102 valence electrons. The van der Waals surface area contributed by atoms with E-state index in [1.54, 1.807) is 14.1 Å². The first-order valence-corrected chi connectivity index (χ1v) is 7.34. The van der Waals surface area contributed by atoms with Crippen molar-refractivity contribution in [3.8, 4) is 0 Å². The Hall–Kier alpha value is -0.660. The molecule has 2 N–H and O–H groups in total. The molecule has 17 heavy (non-hydrogen) atoms. The topological polar surface area (TPSA) is 83.7 Å². The summed E-state index contributed by atoms with van der Waals surface area (Å²) in [6.07, 6.45) is 1.10. The Bertz CT molecular complexity index is 328. The Morgan fingerprint density at radius 3 is 2.29 bits per heavy atom. The molecule has 0 saturated carbocycles. The van der Waals surface area contributed by atoms with Gasteiger partial charge in [0.2, 0.25) is 15.9 Å². The second-order valence-corrected chi connectivity index (χ2v) is 6.17. The number of carbonyl (C=O) groups is 1. The Labute approximate surface area is 104 Å². The molecular weight excluding hydrogens is 242 g/mol. The maximum atomic E-state index is 11.9. The van der Waals surface area contributed by atoms with Crippen molar-refractivity contribution in [2.45, 2.75) is 19.8 Å². The summed E-state index contributed by atoms with van der Waals surface area (Å²) in [5.74, 6) is -0.209. The van der Waals surface area contributed by atoms with Crippen molar-refractivity contribution in [1.29, 1.82) is 0 Å². The van der Waals surface area contributed by atoms with Gasteiger partial charge in [-0.3, -0.25) is 4.79 Å². The van der Waals surface area contributed by atoms with E-state index in [4.69, 9.17) is 5.73 Å². The summed E-state index contributed by atoms with van der Waals surface area (Å²) in [7, 11) is -0.149. The van der Waals surface area contributed by atoms with E-state index in [1.165, 1.54) is 9.21 Å². The summed E-state index contributed by atoms with van der Waals surface area (Å²) >= 11 is 0. The first-order chi connectivity index (χ1) is 7.85. The van der Waals surface area contributed by atoms with E-state index in [1.807, 2.05) is 6.92 Å². The second kappa shape index (κ2) is 7.62. The zero-order valence-corrected chi connectivity index (χ0v) is 11.7. The molecule has 0 aliphatic heterocycles. The van der Waals surface area contributed by atoms with Crippen LogP contribution in [0.3, 0.4) is 0 Å². The van der Waals surface area contributed by atoms with E-state index in [2.05, 4.69) is 0 Å². The van der Waals surface area contributed by atoms with Crippen molar-refractivity contribution in [2.24, 2.45) is 5.73 Å². The number of carbonyl (C=O) groups excluding carboxylic acids is 1. The van der Waals surface area contributed by atoms with Gasteiger partial charge in [0.05, 0.1) is 12.3 Å². The van der Waals surface area contributed by atoms with Gasteiger partial charge in [-0.05, 0) is 19.4 Å². The summed E-state index contributed by atoms with van der Waals surface area (Å²) in [5, 5.41) is 0. The lowest BCUT2D eigenvalue weighted by Crippen LogP contribution is -2.41. The first-order valence-electron chi connectivity index (χ1n) is 5.73. The fourth-order valence-corrected chi connectivity index (χ4v) is 2.81. The number of likely N-dealkylation sites (N-methyl/N-ethyl adjacent to an activating group) is 1. The molecule has 1 amide bonds. The van der Waals surface area contributed by atoms with Crippen LogP contribution in [0.4, 0.5) is 0 Å². The van der Waals surface area contributed by atoms with Crippen LogP contribution < -0.4 is 5.73 Å².